The first-order valence-electron chi connectivity index (χ1n) is 6.14. The normalized spacial score (nSPS) is 10.3. The highest BCUT2D eigenvalue weighted by molar-refractivity contribution is 9.10. The van der Waals surface area contributed by atoms with Crippen molar-refractivity contribution in [3.8, 4) is 5.75 Å². The van der Waals surface area contributed by atoms with Crippen LogP contribution in [-0.4, -0.2) is 31.0 Å². The van der Waals surface area contributed by atoms with Crippen molar-refractivity contribution < 1.29 is 9.53 Å². The summed E-state index contributed by atoms with van der Waals surface area (Å²) in [5, 5.41) is 0. The number of carbonyl (C=O) groups is 1. The summed E-state index contributed by atoms with van der Waals surface area (Å²) in [4.78, 5) is 13.7. The van der Waals surface area contributed by atoms with Gasteiger partial charge in [-0.2, -0.15) is 0 Å². The lowest BCUT2D eigenvalue weighted by Crippen LogP contribution is -2.29. The van der Waals surface area contributed by atoms with Crippen molar-refractivity contribution in [3.05, 3.63) is 59.6 Å². The highest BCUT2D eigenvalue weighted by atomic mass is 79.9. The Balaban J connectivity index is 2.90. The van der Waals surface area contributed by atoms with Crippen molar-refractivity contribution in [1.82, 2.24) is 4.90 Å². The molecule has 0 spiro atoms. The van der Waals surface area contributed by atoms with Gasteiger partial charge in [0.2, 0.25) is 5.91 Å². The summed E-state index contributed by atoms with van der Waals surface area (Å²) in [6, 6.07) is 5.63. The molecule has 0 fully saturated rings. The molecule has 0 N–H and O–H groups in total. The van der Waals surface area contributed by atoms with Gasteiger partial charge in [0.25, 0.3) is 0 Å². The molecule has 0 aliphatic rings. The van der Waals surface area contributed by atoms with Gasteiger partial charge >= 0.3 is 0 Å². The molecule has 1 rings (SSSR count). The van der Waals surface area contributed by atoms with Crippen molar-refractivity contribution in [3.63, 3.8) is 0 Å². The van der Waals surface area contributed by atoms with E-state index in [-0.39, 0.29) is 5.91 Å². The van der Waals surface area contributed by atoms with Gasteiger partial charge in [-0.3, -0.25) is 4.79 Å². The second-order valence-electron chi connectivity index (χ2n) is 4.04. The number of carbonyl (C=O) groups excluding carboxylic acids is 1. The van der Waals surface area contributed by atoms with Crippen molar-refractivity contribution in [1.29, 1.82) is 0 Å². The van der Waals surface area contributed by atoms with E-state index < -0.39 is 0 Å². The van der Waals surface area contributed by atoms with E-state index in [0.29, 0.717) is 13.1 Å². The molecule has 1 aromatic rings. The Morgan fingerprint density at radius 1 is 1.35 bits per heavy atom. The fourth-order valence-electron chi connectivity index (χ4n) is 1.67. The van der Waals surface area contributed by atoms with E-state index >= 15 is 0 Å². The maximum Gasteiger partial charge on any atom is 0.247 e. The predicted molar refractivity (Wildman–Crippen MR) is 86.7 cm³/mol. The molecule has 4 heteroatoms. The topological polar surface area (TPSA) is 29.5 Å². The van der Waals surface area contributed by atoms with Gasteiger partial charge in [0, 0.05) is 29.2 Å². The van der Waals surface area contributed by atoms with Crippen LogP contribution in [-0.2, 0) is 4.79 Å². The Bertz CT molecular complexity index is 513. The zero-order chi connectivity index (χ0) is 15.0. The minimum Gasteiger partial charge on any atom is -0.496 e. The van der Waals surface area contributed by atoms with E-state index in [1.165, 1.54) is 6.08 Å². The van der Waals surface area contributed by atoms with Gasteiger partial charge in [0.05, 0.1) is 7.11 Å². The van der Waals surface area contributed by atoms with Crippen LogP contribution in [0.5, 0.6) is 5.75 Å². The standard InChI is InChI=1S/C16H18BrNO2/c1-4-10-18(11-5-2)16(19)9-6-13-12-14(17)7-8-15(13)20-3/h4-9,12H,1-2,10-11H2,3H3/b9-6+. The number of nitrogens with zero attached hydrogens (tertiary/aromatic N) is 1. The molecule has 0 atom stereocenters. The molecule has 0 radical (unpaired) electrons. The average Bonchev–Trinajstić information content (AvgIpc) is 2.44. The molecule has 3 nitrogen and oxygen atoms in total. The van der Waals surface area contributed by atoms with Gasteiger partial charge < -0.3 is 9.64 Å². The second kappa shape index (κ2) is 8.38. The molecular formula is C16H18BrNO2. The Morgan fingerprint density at radius 3 is 2.55 bits per heavy atom. The number of rotatable bonds is 7. The molecule has 0 heterocycles. The van der Waals surface area contributed by atoms with Crippen LogP contribution < -0.4 is 4.74 Å². The molecule has 0 aliphatic heterocycles. The number of amides is 1. The summed E-state index contributed by atoms with van der Waals surface area (Å²) in [6.07, 6.45) is 6.65. The van der Waals surface area contributed by atoms with Crippen LogP contribution in [0.1, 0.15) is 5.56 Å². The monoisotopic (exact) mass is 335 g/mol. The quantitative estimate of drug-likeness (QED) is 0.562. The Morgan fingerprint density at radius 2 is 2.00 bits per heavy atom. The molecule has 1 amide bonds. The van der Waals surface area contributed by atoms with Crippen molar-refractivity contribution in [2.75, 3.05) is 20.2 Å². The Hall–Kier alpha value is -1.81. The fraction of sp³-hybridized carbons (Fsp3) is 0.188. The van der Waals surface area contributed by atoms with E-state index in [9.17, 15) is 4.79 Å². The molecule has 0 bridgehead atoms. The van der Waals surface area contributed by atoms with E-state index in [1.807, 2.05) is 18.2 Å². The van der Waals surface area contributed by atoms with Crippen molar-refractivity contribution in [2.24, 2.45) is 0 Å². The predicted octanol–water partition coefficient (Wildman–Crippen LogP) is 3.67. The number of methoxy groups -OCH3 is 1. The van der Waals surface area contributed by atoms with Gasteiger partial charge in [-0.1, -0.05) is 28.1 Å². The SMILES string of the molecule is C=CCN(CC=C)C(=O)/C=C/c1cc(Br)ccc1OC. The molecular weight excluding hydrogens is 318 g/mol. The Labute approximate surface area is 128 Å². The van der Waals surface area contributed by atoms with E-state index in [0.717, 1.165) is 15.8 Å². The Kier molecular flexibility index (Phi) is 6.81. The third-order valence-corrected chi connectivity index (χ3v) is 3.10. The first-order chi connectivity index (χ1) is 9.62. The fourth-order valence-corrected chi connectivity index (χ4v) is 2.05. The number of halogens is 1. The van der Waals surface area contributed by atoms with E-state index in [4.69, 9.17) is 4.74 Å². The molecule has 1 aromatic carbocycles. The molecule has 106 valence electrons. The van der Waals surface area contributed by atoms with Crippen LogP contribution >= 0.6 is 15.9 Å². The van der Waals surface area contributed by atoms with Crippen LogP contribution in [0.25, 0.3) is 6.08 Å². The number of benzene rings is 1. The number of hydrogen-bond acceptors (Lipinski definition) is 2. The lowest BCUT2D eigenvalue weighted by molar-refractivity contribution is -0.124. The van der Waals surface area contributed by atoms with Crippen LogP contribution in [0.3, 0.4) is 0 Å². The smallest absolute Gasteiger partial charge is 0.247 e. The maximum atomic E-state index is 12.1. The summed E-state index contributed by atoms with van der Waals surface area (Å²) in [5.41, 5.74) is 0.840. The van der Waals surface area contributed by atoms with Gasteiger partial charge in [-0.15, -0.1) is 13.2 Å². The lowest BCUT2D eigenvalue weighted by Gasteiger charge is -2.16. The number of hydrogen-bond donors (Lipinski definition) is 0. The van der Waals surface area contributed by atoms with Crippen molar-refractivity contribution >= 4 is 27.9 Å². The van der Waals surface area contributed by atoms with Gasteiger partial charge in [-0.25, -0.2) is 0 Å². The van der Waals surface area contributed by atoms with Crippen LogP contribution in [0.4, 0.5) is 0 Å². The molecule has 0 unspecified atom stereocenters. The highest BCUT2D eigenvalue weighted by Gasteiger charge is 2.07. The summed E-state index contributed by atoms with van der Waals surface area (Å²) < 4.78 is 6.19. The number of ether oxygens (including phenoxy) is 1. The second-order valence-corrected chi connectivity index (χ2v) is 4.96. The van der Waals surface area contributed by atoms with Gasteiger partial charge in [0.1, 0.15) is 5.75 Å². The van der Waals surface area contributed by atoms with Gasteiger partial charge in [0.15, 0.2) is 0 Å². The van der Waals surface area contributed by atoms with Crippen LogP contribution in [0.2, 0.25) is 0 Å². The van der Waals surface area contributed by atoms with Crippen molar-refractivity contribution in [2.45, 2.75) is 0 Å². The zero-order valence-corrected chi connectivity index (χ0v) is 13.1. The van der Waals surface area contributed by atoms with Crippen LogP contribution in [0.15, 0.2) is 54.1 Å². The maximum absolute atomic E-state index is 12.1. The highest BCUT2D eigenvalue weighted by Crippen LogP contribution is 2.24. The molecule has 0 saturated heterocycles. The molecule has 0 saturated carbocycles. The first-order valence-corrected chi connectivity index (χ1v) is 6.94. The summed E-state index contributed by atoms with van der Waals surface area (Å²) >= 11 is 3.40. The van der Waals surface area contributed by atoms with E-state index in [1.54, 1.807) is 30.2 Å². The van der Waals surface area contributed by atoms with Gasteiger partial charge in [-0.05, 0) is 24.3 Å². The van der Waals surface area contributed by atoms with E-state index in [2.05, 4.69) is 29.1 Å². The average molecular weight is 336 g/mol. The molecule has 0 aliphatic carbocycles. The summed E-state index contributed by atoms with van der Waals surface area (Å²) in [7, 11) is 1.60. The third-order valence-electron chi connectivity index (χ3n) is 2.61. The molecule has 20 heavy (non-hydrogen) atoms. The first kappa shape index (κ1) is 16.2. The third kappa shape index (κ3) is 4.70. The summed E-state index contributed by atoms with van der Waals surface area (Å²) in [6.45, 7) is 8.27. The largest absolute Gasteiger partial charge is 0.496 e. The minimum atomic E-state index is -0.0909. The zero-order valence-electron chi connectivity index (χ0n) is 11.5. The van der Waals surface area contributed by atoms with Crippen LogP contribution in [0, 0.1) is 0 Å². The minimum absolute atomic E-state index is 0.0909. The molecule has 0 aromatic heterocycles. The summed E-state index contributed by atoms with van der Waals surface area (Å²) in [5.74, 6) is 0.628. The lowest BCUT2D eigenvalue weighted by atomic mass is 10.2.